The van der Waals surface area contributed by atoms with E-state index in [0.717, 1.165) is 34.8 Å². The van der Waals surface area contributed by atoms with Gasteiger partial charge in [-0.3, -0.25) is 9.78 Å². The Morgan fingerprint density at radius 1 is 1.29 bits per heavy atom. The monoisotopic (exact) mass is 477 g/mol. The summed E-state index contributed by atoms with van der Waals surface area (Å²) >= 11 is 3.00. The smallest absolute Gasteiger partial charge is 0.243 e. The van der Waals surface area contributed by atoms with Gasteiger partial charge in [-0.05, 0) is 46.3 Å². The SMILES string of the molecule is O=C(NCc1cc(Br)c(F)cn1)C1CC(F)CN1S(=O)(=O)c1ccc(F)cc1. The van der Waals surface area contributed by atoms with Gasteiger partial charge < -0.3 is 5.32 Å². The molecule has 0 bridgehead atoms. The van der Waals surface area contributed by atoms with E-state index < -0.39 is 46.3 Å². The molecule has 0 saturated carbocycles. The lowest BCUT2D eigenvalue weighted by Crippen LogP contribution is -2.45. The van der Waals surface area contributed by atoms with Crippen molar-refractivity contribution in [2.75, 3.05) is 6.54 Å². The lowest BCUT2D eigenvalue weighted by molar-refractivity contribution is -0.124. The number of sulfonamides is 1. The van der Waals surface area contributed by atoms with Crippen molar-refractivity contribution in [3.05, 3.63) is 58.3 Å². The molecule has 2 atom stereocenters. The van der Waals surface area contributed by atoms with E-state index in [1.807, 2.05) is 0 Å². The molecule has 1 aromatic carbocycles. The third-order valence-corrected chi connectivity index (χ3v) is 6.73. The van der Waals surface area contributed by atoms with Crippen LogP contribution in [0.3, 0.4) is 0 Å². The molecule has 3 rings (SSSR count). The quantitative estimate of drug-likeness (QED) is 0.717. The van der Waals surface area contributed by atoms with E-state index in [0.29, 0.717) is 5.69 Å². The minimum atomic E-state index is -4.18. The fourth-order valence-corrected chi connectivity index (χ4v) is 4.84. The highest BCUT2D eigenvalue weighted by molar-refractivity contribution is 9.10. The molecule has 2 unspecified atom stereocenters. The maximum absolute atomic E-state index is 13.9. The van der Waals surface area contributed by atoms with Gasteiger partial charge in [0.05, 0.1) is 27.8 Å². The van der Waals surface area contributed by atoms with Gasteiger partial charge in [-0.25, -0.2) is 21.6 Å². The van der Waals surface area contributed by atoms with Crippen LogP contribution in [-0.4, -0.2) is 42.4 Å². The zero-order valence-corrected chi connectivity index (χ0v) is 16.7. The average molecular weight is 478 g/mol. The van der Waals surface area contributed by atoms with Crippen molar-refractivity contribution in [1.29, 1.82) is 0 Å². The number of nitrogens with zero attached hydrogens (tertiary/aromatic N) is 2. The van der Waals surface area contributed by atoms with Gasteiger partial charge in [-0.2, -0.15) is 4.31 Å². The lowest BCUT2D eigenvalue weighted by atomic mass is 10.2. The van der Waals surface area contributed by atoms with Gasteiger partial charge in [0.25, 0.3) is 0 Å². The number of rotatable bonds is 5. The highest BCUT2D eigenvalue weighted by Crippen LogP contribution is 2.28. The summed E-state index contributed by atoms with van der Waals surface area (Å²) < 4.78 is 66.7. The standard InChI is InChI=1S/C17H15BrF3N3O3S/c18-14-6-12(22-8-15(14)21)7-23-17(25)16-5-11(20)9-24(16)28(26,27)13-3-1-10(19)2-4-13/h1-4,6,8,11,16H,5,7,9H2,(H,23,25). The van der Waals surface area contributed by atoms with Crippen molar-refractivity contribution in [1.82, 2.24) is 14.6 Å². The summed E-state index contributed by atoms with van der Waals surface area (Å²) in [6.07, 6.45) is -0.833. The van der Waals surface area contributed by atoms with E-state index in [4.69, 9.17) is 0 Å². The number of hydrogen-bond acceptors (Lipinski definition) is 4. The lowest BCUT2D eigenvalue weighted by Gasteiger charge is -2.23. The third kappa shape index (κ3) is 4.36. The summed E-state index contributed by atoms with van der Waals surface area (Å²) in [6.45, 7) is -0.562. The van der Waals surface area contributed by atoms with Gasteiger partial charge in [-0.1, -0.05) is 0 Å². The fraction of sp³-hybridized carbons (Fsp3) is 0.294. The van der Waals surface area contributed by atoms with Crippen LogP contribution in [0.4, 0.5) is 13.2 Å². The summed E-state index contributed by atoms with van der Waals surface area (Å²) in [6, 6.07) is 4.19. The summed E-state index contributed by atoms with van der Waals surface area (Å²) in [5.41, 5.74) is 0.337. The first-order chi connectivity index (χ1) is 13.2. The Morgan fingerprint density at radius 2 is 1.96 bits per heavy atom. The Hall–Kier alpha value is -1.98. The van der Waals surface area contributed by atoms with Crippen LogP contribution in [0.2, 0.25) is 0 Å². The highest BCUT2D eigenvalue weighted by Gasteiger charge is 2.44. The number of hydrogen-bond donors (Lipinski definition) is 1. The molecule has 1 saturated heterocycles. The number of nitrogens with one attached hydrogen (secondary N) is 1. The molecule has 1 N–H and O–H groups in total. The van der Waals surface area contributed by atoms with Crippen molar-refractivity contribution in [3.63, 3.8) is 0 Å². The first-order valence-electron chi connectivity index (χ1n) is 8.17. The topological polar surface area (TPSA) is 79.4 Å². The summed E-state index contributed by atoms with van der Waals surface area (Å²) in [5, 5.41) is 2.49. The van der Waals surface area contributed by atoms with Crippen molar-refractivity contribution >= 4 is 31.9 Å². The molecule has 150 valence electrons. The summed E-state index contributed by atoms with van der Waals surface area (Å²) in [7, 11) is -4.18. The average Bonchev–Trinajstić information content (AvgIpc) is 3.05. The van der Waals surface area contributed by atoms with Gasteiger partial charge in [0.15, 0.2) is 5.82 Å². The van der Waals surface area contributed by atoms with E-state index in [1.165, 1.54) is 6.07 Å². The van der Waals surface area contributed by atoms with Crippen molar-refractivity contribution in [2.24, 2.45) is 0 Å². The maximum atomic E-state index is 13.9. The van der Waals surface area contributed by atoms with Crippen LogP contribution in [0.15, 0.2) is 45.9 Å². The molecule has 0 radical (unpaired) electrons. The predicted molar refractivity (Wildman–Crippen MR) is 97.3 cm³/mol. The molecule has 1 amide bonds. The van der Waals surface area contributed by atoms with Crippen molar-refractivity contribution in [2.45, 2.75) is 30.1 Å². The number of carbonyl (C=O) groups is 1. The van der Waals surface area contributed by atoms with Crippen LogP contribution in [0.25, 0.3) is 0 Å². The van der Waals surface area contributed by atoms with E-state index in [-0.39, 0.29) is 22.3 Å². The maximum Gasteiger partial charge on any atom is 0.243 e. The zero-order valence-electron chi connectivity index (χ0n) is 14.3. The Labute approximate surface area is 167 Å². The molecule has 1 aromatic heterocycles. The van der Waals surface area contributed by atoms with E-state index >= 15 is 0 Å². The Bertz CT molecular complexity index is 989. The fourth-order valence-electron chi connectivity index (χ4n) is 2.85. The molecular weight excluding hydrogens is 463 g/mol. The van der Waals surface area contributed by atoms with Gasteiger partial charge >= 0.3 is 0 Å². The summed E-state index contributed by atoms with van der Waals surface area (Å²) in [5.74, 6) is -1.88. The predicted octanol–water partition coefficient (Wildman–Crippen LogP) is 2.54. The van der Waals surface area contributed by atoms with Crippen molar-refractivity contribution < 1.29 is 26.4 Å². The van der Waals surface area contributed by atoms with Crippen LogP contribution < -0.4 is 5.32 Å². The molecule has 1 fully saturated rings. The normalized spacial score (nSPS) is 20.3. The number of amides is 1. The molecule has 11 heteroatoms. The Morgan fingerprint density at radius 3 is 2.61 bits per heavy atom. The minimum Gasteiger partial charge on any atom is -0.349 e. The number of halogens is 4. The third-order valence-electron chi connectivity index (χ3n) is 4.24. The van der Waals surface area contributed by atoms with E-state index in [1.54, 1.807) is 0 Å². The number of pyridine rings is 1. The van der Waals surface area contributed by atoms with Crippen LogP contribution in [0, 0.1) is 11.6 Å². The molecule has 1 aliphatic rings. The second-order valence-corrected chi connectivity index (χ2v) is 8.93. The molecule has 28 heavy (non-hydrogen) atoms. The Kier molecular flexibility index (Phi) is 6.06. The number of aromatic nitrogens is 1. The number of benzene rings is 1. The van der Waals surface area contributed by atoms with Crippen LogP contribution in [0.5, 0.6) is 0 Å². The second-order valence-electron chi connectivity index (χ2n) is 6.18. The van der Waals surface area contributed by atoms with Gasteiger partial charge in [0, 0.05) is 13.0 Å². The number of carbonyl (C=O) groups excluding carboxylic acids is 1. The minimum absolute atomic E-state index is 0.0877. The first-order valence-corrected chi connectivity index (χ1v) is 10.4. The summed E-state index contributed by atoms with van der Waals surface area (Å²) in [4.78, 5) is 16.1. The molecule has 6 nitrogen and oxygen atoms in total. The van der Waals surface area contributed by atoms with Gasteiger partial charge in [-0.15, -0.1) is 0 Å². The number of alkyl halides is 1. The van der Waals surface area contributed by atoms with Gasteiger partial charge in [0.2, 0.25) is 15.9 Å². The molecular formula is C17H15BrF3N3O3S. The molecule has 0 spiro atoms. The second kappa shape index (κ2) is 8.18. The largest absolute Gasteiger partial charge is 0.349 e. The first kappa shape index (κ1) is 20.7. The molecule has 1 aliphatic heterocycles. The van der Waals surface area contributed by atoms with Crippen LogP contribution >= 0.6 is 15.9 Å². The van der Waals surface area contributed by atoms with Crippen LogP contribution in [-0.2, 0) is 21.4 Å². The van der Waals surface area contributed by atoms with Crippen molar-refractivity contribution in [3.8, 4) is 0 Å². The van der Waals surface area contributed by atoms with Gasteiger partial charge in [0.1, 0.15) is 18.0 Å². The van der Waals surface area contributed by atoms with E-state index in [9.17, 15) is 26.4 Å². The molecule has 2 aromatic rings. The molecule has 0 aliphatic carbocycles. The van der Waals surface area contributed by atoms with E-state index in [2.05, 4.69) is 26.2 Å². The van der Waals surface area contributed by atoms with Crippen LogP contribution in [0.1, 0.15) is 12.1 Å². The molecule has 2 heterocycles. The Balaban J connectivity index is 1.76. The zero-order chi connectivity index (χ0) is 20.5. The highest BCUT2D eigenvalue weighted by atomic mass is 79.9.